The van der Waals surface area contributed by atoms with E-state index in [2.05, 4.69) is 26.3 Å². The highest BCUT2D eigenvalue weighted by atomic mass is 16.7. The molecule has 0 unspecified atom stereocenters. The third-order valence-electron chi connectivity index (χ3n) is 2.54. The van der Waals surface area contributed by atoms with Crippen LogP contribution >= 0.6 is 0 Å². The zero-order chi connectivity index (χ0) is 10.6. The standard InChI is InChI=1S/C11H23NO2/c1-11(2,3)14-12-9-5-7-10(13-4)8-6-9/h9-10,12H,5-8H2,1-4H3. The maximum absolute atomic E-state index is 5.55. The molecule has 84 valence electrons. The Morgan fingerprint density at radius 2 is 1.64 bits per heavy atom. The van der Waals surface area contributed by atoms with Crippen LogP contribution < -0.4 is 5.48 Å². The van der Waals surface area contributed by atoms with E-state index < -0.39 is 0 Å². The van der Waals surface area contributed by atoms with Crippen molar-refractivity contribution >= 4 is 0 Å². The van der Waals surface area contributed by atoms with Crippen LogP contribution in [-0.2, 0) is 9.57 Å². The van der Waals surface area contributed by atoms with Crippen molar-refractivity contribution < 1.29 is 9.57 Å². The molecule has 1 aliphatic rings. The van der Waals surface area contributed by atoms with Gasteiger partial charge in [-0.2, -0.15) is 5.48 Å². The Hall–Kier alpha value is -0.120. The molecule has 0 aliphatic heterocycles. The lowest BCUT2D eigenvalue weighted by atomic mass is 9.93. The summed E-state index contributed by atoms with van der Waals surface area (Å²) in [4.78, 5) is 5.55. The molecule has 0 amide bonds. The zero-order valence-corrected chi connectivity index (χ0v) is 9.80. The molecule has 0 aromatic rings. The zero-order valence-electron chi connectivity index (χ0n) is 9.80. The Kier molecular flexibility index (Phi) is 4.35. The summed E-state index contributed by atoms with van der Waals surface area (Å²) >= 11 is 0. The minimum atomic E-state index is -0.0991. The van der Waals surface area contributed by atoms with Gasteiger partial charge in [0.05, 0.1) is 11.7 Å². The van der Waals surface area contributed by atoms with Gasteiger partial charge in [-0.05, 0) is 46.5 Å². The summed E-state index contributed by atoms with van der Waals surface area (Å²) in [6.07, 6.45) is 5.04. The molecule has 3 nitrogen and oxygen atoms in total. The third kappa shape index (κ3) is 4.40. The molecule has 0 saturated heterocycles. The molecule has 1 fully saturated rings. The van der Waals surface area contributed by atoms with Crippen LogP contribution in [-0.4, -0.2) is 24.9 Å². The Bertz CT molecular complexity index is 157. The molecule has 0 atom stereocenters. The van der Waals surface area contributed by atoms with Gasteiger partial charge in [0.25, 0.3) is 0 Å². The van der Waals surface area contributed by atoms with E-state index in [9.17, 15) is 0 Å². The highest BCUT2D eigenvalue weighted by molar-refractivity contribution is 4.75. The number of nitrogens with one attached hydrogen (secondary N) is 1. The van der Waals surface area contributed by atoms with Crippen LogP contribution in [0.15, 0.2) is 0 Å². The summed E-state index contributed by atoms with van der Waals surface area (Å²) in [5.74, 6) is 0. The molecule has 14 heavy (non-hydrogen) atoms. The van der Waals surface area contributed by atoms with Gasteiger partial charge in [-0.15, -0.1) is 0 Å². The molecular formula is C11H23NO2. The van der Waals surface area contributed by atoms with Crippen molar-refractivity contribution in [2.45, 2.75) is 64.2 Å². The topological polar surface area (TPSA) is 30.5 Å². The second-order valence-corrected chi connectivity index (χ2v) is 5.04. The SMILES string of the molecule is COC1CCC(NOC(C)(C)C)CC1. The van der Waals surface area contributed by atoms with Crippen LogP contribution in [0.1, 0.15) is 46.5 Å². The van der Waals surface area contributed by atoms with E-state index in [0.717, 1.165) is 25.7 Å². The average molecular weight is 201 g/mol. The quantitative estimate of drug-likeness (QED) is 0.710. The number of hydrogen-bond donors (Lipinski definition) is 1. The Labute approximate surface area is 87.1 Å². The van der Waals surface area contributed by atoms with Gasteiger partial charge < -0.3 is 4.74 Å². The van der Waals surface area contributed by atoms with Gasteiger partial charge in [0.1, 0.15) is 0 Å². The van der Waals surface area contributed by atoms with Crippen molar-refractivity contribution in [2.24, 2.45) is 0 Å². The lowest BCUT2D eigenvalue weighted by Gasteiger charge is -2.30. The number of rotatable bonds is 3. The first-order chi connectivity index (χ1) is 6.51. The fourth-order valence-corrected chi connectivity index (χ4v) is 1.68. The monoisotopic (exact) mass is 201 g/mol. The van der Waals surface area contributed by atoms with Crippen molar-refractivity contribution in [3.63, 3.8) is 0 Å². The highest BCUT2D eigenvalue weighted by Crippen LogP contribution is 2.21. The van der Waals surface area contributed by atoms with E-state index in [1.807, 2.05) is 0 Å². The first-order valence-electron chi connectivity index (χ1n) is 5.47. The smallest absolute Gasteiger partial charge is 0.0813 e. The van der Waals surface area contributed by atoms with Crippen molar-refractivity contribution in [1.29, 1.82) is 0 Å². The molecular weight excluding hydrogens is 178 g/mol. The average Bonchev–Trinajstić information content (AvgIpc) is 2.14. The normalized spacial score (nSPS) is 29.1. The predicted molar refractivity (Wildman–Crippen MR) is 57.0 cm³/mol. The Morgan fingerprint density at radius 1 is 1.07 bits per heavy atom. The molecule has 0 spiro atoms. The van der Waals surface area contributed by atoms with Crippen LogP contribution in [0.5, 0.6) is 0 Å². The van der Waals surface area contributed by atoms with E-state index in [0.29, 0.717) is 12.1 Å². The van der Waals surface area contributed by atoms with Crippen LogP contribution in [0.4, 0.5) is 0 Å². The number of methoxy groups -OCH3 is 1. The van der Waals surface area contributed by atoms with E-state index in [4.69, 9.17) is 9.57 Å². The van der Waals surface area contributed by atoms with E-state index in [1.165, 1.54) is 0 Å². The fraction of sp³-hybridized carbons (Fsp3) is 1.00. The van der Waals surface area contributed by atoms with Gasteiger partial charge in [0.15, 0.2) is 0 Å². The minimum Gasteiger partial charge on any atom is -0.381 e. The fourth-order valence-electron chi connectivity index (χ4n) is 1.68. The van der Waals surface area contributed by atoms with Crippen molar-refractivity contribution in [2.75, 3.05) is 7.11 Å². The molecule has 1 N–H and O–H groups in total. The third-order valence-corrected chi connectivity index (χ3v) is 2.54. The summed E-state index contributed by atoms with van der Waals surface area (Å²) in [6, 6.07) is 0.501. The van der Waals surface area contributed by atoms with Crippen LogP contribution in [0.3, 0.4) is 0 Å². The molecule has 0 aromatic heterocycles. The summed E-state index contributed by atoms with van der Waals surface area (Å²) in [6.45, 7) is 6.17. The second-order valence-electron chi connectivity index (χ2n) is 5.04. The van der Waals surface area contributed by atoms with Crippen LogP contribution in [0.2, 0.25) is 0 Å². The van der Waals surface area contributed by atoms with Crippen LogP contribution in [0.25, 0.3) is 0 Å². The minimum absolute atomic E-state index is 0.0991. The van der Waals surface area contributed by atoms with E-state index >= 15 is 0 Å². The maximum Gasteiger partial charge on any atom is 0.0813 e. The largest absolute Gasteiger partial charge is 0.381 e. The first kappa shape index (κ1) is 12.0. The second kappa shape index (κ2) is 5.10. The van der Waals surface area contributed by atoms with Gasteiger partial charge in [-0.25, -0.2) is 0 Å². The summed E-state index contributed by atoms with van der Waals surface area (Å²) in [5.41, 5.74) is 3.05. The molecule has 1 saturated carbocycles. The molecule has 0 heterocycles. The molecule has 0 bridgehead atoms. The number of ether oxygens (including phenoxy) is 1. The Balaban J connectivity index is 2.16. The van der Waals surface area contributed by atoms with Crippen molar-refractivity contribution in [3.8, 4) is 0 Å². The summed E-state index contributed by atoms with van der Waals surface area (Å²) < 4.78 is 5.32. The molecule has 1 rings (SSSR count). The van der Waals surface area contributed by atoms with E-state index in [1.54, 1.807) is 7.11 Å². The summed E-state index contributed by atoms with van der Waals surface area (Å²) in [5, 5.41) is 0. The van der Waals surface area contributed by atoms with Gasteiger partial charge >= 0.3 is 0 Å². The van der Waals surface area contributed by atoms with Gasteiger partial charge in [-0.3, -0.25) is 4.84 Å². The lowest BCUT2D eigenvalue weighted by Crippen LogP contribution is -2.39. The lowest BCUT2D eigenvalue weighted by molar-refractivity contribution is -0.0973. The van der Waals surface area contributed by atoms with E-state index in [-0.39, 0.29) is 5.60 Å². The molecule has 0 radical (unpaired) electrons. The van der Waals surface area contributed by atoms with Crippen molar-refractivity contribution in [1.82, 2.24) is 5.48 Å². The Morgan fingerprint density at radius 3 is 2.07 bits per heavy atom. The van der Waals surface area contributed by atoms with Crippen molar-refractivity contribution in [3.05, 3.63) is 0 Å². The number of hydrogen-bond acceptors (Lipinski definition) is 3. The predicted octanol–water partition coefficient (Wildman–Crippen LogP) is 2.26. The van der Waals surface area contributed by atoms with Gasteiger partial charge in [0.2, 0.25) is 0 Å². The van der Waals surface area contributed by atoms with Crippen LogP contribution in [0, 0.1) is 0 Å². The molecule has 1 aliphatic carbocycles. The number of hydroxylamine groups is 1. The summed E-state index contributed by atoms with van der Waals surface area (Å²) in [7, 11) is 1.80. The van der Waals surface area contributed by atoms with Gasteiger partial charge in [-0.1, -0.05) is 0 Å². The first-order valence-corrected chi connectivity index (χ1v) is 5.47. The maximum atomic E-state index is 5.55. The molecule has 0 aromatic carbocycles. The molecule has 3 heteroatoms. The highest BCUT2D eigenvalue weighted by Gasteiger charge is 2.22. The van der Waals surface area contributed by atoms with Gasteiger partial charge in [0, 0.05) is 13.2 Å².